The molecule has 24 heavy (non-hydrogen) atoms. The van der Waals surface area contributed by atoms with Crippen molar-refractivity contribution in [3.05, 3.63) is 66.2 Å². The summed E-state index contributed by atoms with van der Waals surface area (Å²) in [5.41, 5.74) is 2.88. The highest BCUT2D eigenvalue weighted by atomic mass is 16.5. The van der Waals surface area contributed by atoms with E-state index in [4.69, 9.17) is 4.74 Å². The first-order valence-electron chi connectivity index (χ1n) is 8.72. The Morgan fingerprint density at radius 1 is 0.917 bits per heavy atom. The molecule has 0 spiro atoms. The third-order valence-electron chi connectivity index (χ3n) is 5.66. The van der Waals surface area contributed by atoms with Crippen LogP contribution in [0, 0.1) is 0 Å². The van der Waals surface area contributed by atoms with Gasteiger partial charge in [-0.05, 0) is 52.2 Å². The number of rotatable bonds is 1. The Balaban J connectivity index is 1.77. The molecule has 3 aromatic rings. The van der Waals surface area contributed by atoms with Crippen LogP contribution in [-0.4, -0.2) is 37.2 Å². The summed E-state index contributed by atoms with van der Waals surface area (Å²) in [7, 11) is 2.23. The zero-order valence-electron chi connectivity index (χ0n) is 13.9. The first-order chi connectivity index (χ1) is 11.8. The third-order valence-corrected chi connectivity index (χ3v) is 5.66. The molecule has 120 valence electrons. The van der Waals surface area contributed by atoms with Crippen molar-refractivity contribution in [1.29, 1.82) is 0 Å². The van der Waals surface area contributed by atoms with Gasteiger partial charge in [-0.2, -0.15) is 0 Å². The second kappa shape index (κ2) is 5.44. The van der Waals surface area contributed by atoms with Crippen LogP contribution >= 0.6 is 0 Å². The van der Waals surface area contributed by atoms with Gasteiger partial charge in [-0.15, -0.1) is 0 Å². The van der Waals surface area contributed by atoms with Crippen molar-refractivity contribution in [1.82, 2.24) is 4.90 Å². The summed E-state index contributed by atoms with van der Waals surface area (Å²) in [6.45, 7) is 1.65. The molecule has 0 amide bonds. The molecule has 2 unspecified atom stereocenters. The van der Waals surface area contributed by atoms with Crippen LogP contribution in [0.3, 0.4) is 0 Å². The molecule has 2 heteroatoms. The van der Waals surface area contributed by atoms with Crippen LogP contribution < -0.4 is 0 Å². The summed E-state index contributed by atoms with van der Waals surface area (Å²) < 4.78 is 5.76. The van der Waals surface area contributed by atoms with Crippen molar-refractivity contribution in [2.45, 2.75) is 18.5 Å². The molecule has 0 radical (unpaired) electrons. The van der Waals surface area contributed by atoms with Gasteiger partial charge in [-0.3, -0.25) is 4.90 Å². The summed E-state index contributed by atoms with van der Waals surface area (Å²) >= 11 is 0. The number of likely N-dealkylation sites (N-methyl/N-ethyl adjacent to an activating group) is 1. The molecule has 2 aliphatic rings. The SMILES string of the molecule is CN1C2C=C(c3cc4ccccc4c4ccccc34)CC1COC2. The highest BCUT2D eigenvalue weighted by molar-refractivity contribution is 6.11. The second-order valence-electron chi connectivity index (χ2n) is 7.01. The van der Waals surface area contributed by atoms with E-state index in [1.54, 1.807) is 0 Å². The predicted molar refractivity (Wildman–Crippen MR) is 100 cm³/mol. The average molecular weight is 315 g/mol. The first kappa shape index (κ1) is 14.2. The Labute approximate surface area is 142 Å². The lowest BCUT2D eigenvalue weighted by Gasteiger charge is -2.42. The summed E-state index contributed by atoms with van der Waals surface area (Å²) in [5, 5.41) is 5.39. The van der Waals surface area contributed by atoms with Crippen LogP contribution in [0.1, 0.15) is 12.0 Å². The van der Waals surface area contributed by atoms with Gasteiger partial charge in [0.25, 0.3) is 0 Å². The Morgan fingerprint density at radius 2 is 1.67 bits per heavy atom. The van der Waals surface area contributed by atoms with E-state index in [0.29, 0.717) is 12.1 Å². The highest BCUT2D eigenvalue weighted by Crippen LogP contribution is 2.37. The van der Waals surface area contributed by atoms with E-state index in [1.807, 2.05) is 0 Å². The summed E-state index contributed by atoms with van der Waals surface area (Å²) in [5.74, 6) is 0. The van der Waals surface area contributed by atoms with E-state index in [1.165, 1.54) is 32.7 Å². The van der Waals surface area contributed by atoms with Crippen LogP contribution in [0.4, 0.5) is 0 Å². The third kappa shape index (κ3) is 2.10. The second-order valence-corrected chi connectivity index (χ2v) is 7.01. The predicted octanol–water partition coefficient (Wildman–Crippen LogP) is 4.48. The van der Waals surface area contributed by atoms with Crippen LogP contribution in [-0.2, 0) is 4.74 Å². The summed E-state index contributed by atoms with van der Waals surface area (Å²) in [6.07, 6.45) is 3.49. The fourth-order valence-corrected chi connectivity index (χ4v) is 4.27. The van der Waals surface area contributed by atoms with Gasteiger partial charge < -0.3 is 4.74 Å². The molecule has 1 saturated heterocycles. The lowest BCUT2D eigenvalue weighted by molar-refractivity contribution is -0.0221. The van der Waals surface area contributed by atoms with Gasteiger partial charge in [0.1, 0.15) is 0 Å². The Kier molecular flexibility index (Phi) is 3.22. The van der Waals surface area contributed by atoms with Crippen LogP contribution in [0.5, 0.6) is 0 Å². The average Bonchev–Trinajstić information content (AvgIpc) is 2.61. The molecule has 5 rings (SSSR count). The maximum atomic E-state index is 5.76. The van der Waals surface area contributed by atoms with Gasteiger partial charge in [-0.1, -0.05) is 54.6 Å². The van der Waals surface area contributed by atoms with Crippen molar-refractivity contribution >= 4 is 27.1 Å². The van der Waals surface area contributed by atoms with Gasteiger partial charge in [0.05, 0.1) is 19.3 Å². The summed E-state index contributed by atoms with van der Waals surface area (Å²) in [6, 6.07) is 20.8. The largest absolute Gasteiger partial charge is 0.378 e. The number of hydrogen-bond donors (Lipinski definition) is 0. The lowest BCUT2D eigenvalue weighted by atomic mass is 9.86. The number of nitrogens with zero attached hydrogens (tertiary/aromatic N) is 1. The van der Waals surface area contributed by atoms with Crippen LogP contribution in [0.2, 0.25) is 0 Å². The van der Waals surface area contributed by atoms with Crippen molar-refractivity contribution in [2.75, 3.05) is 20.3 Å². The maximum Gasteiger partial charge on any atom is 0.0658 e. The van der Waals surface area contributed by atoms with E-state index in [2.05, 4.69) is 72.6 Å². The first-order valence-corrected chi connectivity index (χ1v) is 8.72. The quantitative estimate of drug-likeness (QED) is 0.614. The number of fused-ring (bicyclic) bond motifs is 5. The highest BCUT2D eigenvalue weighted by Gasteiger charge is 2.32. The van der Waals surface area contributed by atoms with E-state index >= 15 is 0 Å². The van der Waals surface area contributed by atoms with Gasteiger partial charge >= 0.3 is 0 Å². The van der Waals surface area contributed by atoms with E-state index in [-0.39, 0.29) is 0 Å². The molecule has 2 atom stereocenters. The molecular weight excluding hydrogens is 294 g/mol. The van der Waals surface area contributed by atoms with E-state index in [0.717, 1.165) is 19.6 Å². The molecule has 2 aliphatic heterocycles. The number of ether oxygens (including phenoxy) is 1. The van der Waals surface area contributed by atoms with Crippen molar-refractivity contribution in [2.24, 2.45) is 0 Å². The minimum atomic E-state index is 0.401. The van der Waals surface area contributed by atoms with Gasteiger partial charge in [0.15, 0.2) is 0 Å². The molecule has 2 nitrogen and oxygen atoms in total. The van der Waals surface area contributed by atoms with Crippen LogP contribution in [0.25, 0.3) is 27.1 Å². The molecule has 1 fully saturated rings. The standard InChI is InChI=1S/C22H21NO/c1-23-17-10-16(11-18(23)14-24-13-17)22-12-15-6-2-3-7-19(15)20-8-4-5-9-21(20)22/h2-10,12,17-18H,11,13-14H2,1H3. The molecular formula is C22H21NO. The molecule has 0 N–H and O–H groups in total. The fourth-order valence-electron chi connectivity index (χ4n) is 4.27. The zero-order chi connectivity index (χ0) is 16.1. The Hall–Kier alpha value is -2.16. The number of hydrogen-bond acceptors (Lipinski definition) is 2. The van der Waals surface area contributed by atoms with Crippen molar-refractivity contribution in [3.8, 4) is 0 Å². The van der Waals surface area contributed by atoms with Crippen molar-refractivity contribution in [3.63, 3.8) is 0 Å². The van der Waals surface area contributed by atoms with E-state index in [9.17, 15) is 0 Å². The number of benzene rings is 3. The Morgan fingerprint density at radius 3 is 2.50 bits per heavy atom. The topological polar surface area (TPSA) is 12.5 Å². The molecule has 0 saturated carbocycles. The molecule has 3 aromatic carbocycles. The fraction of sp³-hybridized carbons (Fsp3) is 0.273. The van der Waals surface area contributed by atoms with Gasteiger partial charge in [0, 0.05) is 6.04 Å². The minimum Gasteiger partial charge on any atom is -0.378 e. The molecule has 0 aliphatic carbocycles. The van der Waals surface area contributed by atoms with Crippen molar-refractivity contribution < 1.29 is 4.74 Å². The molecule has 2 heterocycles. The minimum absolute atomic E-state index is 0.401. The monoisotopic (exact) mass is 315 g/mol. The van der Waals surface area contributed by atoms with Gasteiger partial charge in [-0.25, -0.2) is 0 Å². The maximum absolute atomic E-state index is 5.76. The Bertz CT molecular complexity index is 959. The number of morpholine rings is 1. The normalized spacial score (nSPS) is 24.3. The van der Waals surface area contributed by atoms with Crippen LogP contribution in [0.15, 0.2) is 60.7 Å². The lowest BCUT2D eigenvalue weighted by Crippen LogP contribution is -2.51. The van der Waals surface area contributed by atoms with E-state index < -0.39 is 0 Å². The zero-order valence-corrected chi connectivity index (χ0v) is 13.9. The molecule has 2 bridgehead atoms. The molecule has 0 aromatic heterocycles. The summed E-state index contributed by atoms with van der Waals surface area (Å²) in [4.78, 5) is 2.47. The smallest absolute Gasteiger partial charge is 0.0658 e. The van der Waals surface area contributed by atoms with Gasteiger partial charge in [0.2, 0.25) is 0 Å².